The van der Waals surface area contributed by atoms with Crippen LogP contribution in [0.1, 0.15) is 20.3 Å². The molecule has 102 valence electrons. The number of hydrogen-bond donors (Lipinski definition) is 1. The van der Waals surface area contributed by atoms with Gasteiger partial charge in [-0.2, -0.15) is 4.31 Å². The Hall–Kier alpha value is -0.170. The minimum Gasteiger partial charge on any atom is -0.320 e. The molecule has 0 aromatic carbocycles. The Kier molecular flexibility index (Phi) is 5.37. The topological polar surface area (TPSA) is 52.7 Å². The molecular weight excluding hydrogens is 238 g/mol. The van der Waals surface area contributed by atoms with Crippen LogP contribution >= 0.6 is 0 Å². The SMILES string of the molecule is CNCCCS(=O)(=O)N1CC(C)N(C)C(C)C1. The van der Waals surface area contributed by atoms with Crippen LogP contribution in [0.2, 0.25) is 0 Å². The van der Waals surface area contributed by atoms with E-state index in [2.05, 4.69) is 31.1 Å². The smallest absolute Gasteiger partial charge is 0.214 e. The molecule has 1 aliphatic rings. The van der Waals surface area contributed by atoms with Crippen molar-refractivity contribution in [2.24, 2.45) is 0 Å². The third-order valence-electron chi connectivity index (χ3n) is 3.55. The Labute approximate surface area is 105 Å². The number of hydrogen-bond acceptors (Lipinski definition) is 4. The molecule has 0 aliphatic carbocycles. The average Bonchev–Trinajstić information content (AvgIpc) is 2.25. The van der Waals surface area contributed by atoms with Crippen molar-refractivity contribution in [2.45, 2.75) is 32.4 Å². The van der Waals surface area contributed by atoms with Crippen molar-refractivity contribution >= 4 is 10.0 Å². The van der Waals surface area contributed by atoms with Crippen LogP contribution in [0.4, 0.5) is 0 Å². The quantitative estimate of drug-likeness (QED) is 0.707. The van der Waals surface area contributed by atoms with Crippen LogP contribution in [0.15, 0.2) is 0 Å². The highest BCUT2D eigenvalue weighted by molar-refractivity contribution is 7.89. The van der Waals surface area contributed by atoms with Crippen molar-refractivity contribution in [3.05, 3.63) is 0 Å². The van der Waals surface area contributed by atoms with Crippen LogP contribution in [0.25, 0.3) is 0 Å². The maximum absolute atomic E-state index is 12.1. The first-order valence-corrected chi connectivity index (χ1v) is 7.83. The Morgan fingerprint density at radius 1 is 1.24 bits per heavy atom. The third kappa shape index (κ3) is 3.91. The fourth-order valence-corrected chi connectivity index (χ4v) is 3.80. The molecule has 0 amide bonds. The minimum atomic E-state index is -3.08. The monoisotopic (exact) mass is 263 g/mol. The number of rotatable bonds is 5. The van der Waals surface area contributed by atoms with Crippen LogP contribution in [-0.4, -0.2) is 69.2 Å². The van der Waals surface area contributed by atoms with E-state index in [1.165, 1.54) is 0 Å². The fourth-order valence-electron chi connectivity index (χ4n) is 2.14. The fraction of sp³-hybridized carbons (Fsp3) is 1.00. The second-order valence-electron chi connectivity index (χ2n) is 4.95. The summed E-state index contributed by atoms with van der Waals surface area (Å²) in [5.74, 6) is 0.247. The molecule has 1 aliphatic heterocycles. The van der Waals surface area contributed by atoms with Crippen molar-refractivity contribution < 1.29 is 8.42 Å². The molecule has 0 aromatic heterocycles. The van der Waals surface area contributed by atoms with E-state index in [0.717, 1.165) is 6.54 Å². The van der Waals surface area contributed by atoms with Crippen molar-refractivity contribution in [3.8, 4) is 0 Å². The molecule has 0 spiro atoms. The van der Waals surface area contributed by atoms with Crippen molar-refractivity contribution in [1.82, 2.24) is 14.5 Å². The van der Waals surface area contributed by atoms with Crippen LogP contribution in [0, 0.1) is 0 Å². The van der Waals surface area contributed by atoms with Gasteiger partial charge in [0.1, 0.15) is 0 Å². The molecule has 17 heavy (non-hydrogen) atoms. The van der Waals surface area contributed by atoms with Gasteiger partial charge in [0, 0.05) is 25.2 Å². The maximum Gasteiger partial charge on any atom is 0.214 e. The van der Waals surface area contributed by atoms with Gasteiger partial charge in [0.2, 0.25) is 10.0 Å². The number of sulfonamides is 1. The van der Waals surface area contributed by atoms with E-state index in [9.17, 15) is 8.42 Å². The summed E-state index contributed by atoms with van der Waals surface area (Å²) in [6, 6.07) is 0.579. The highest BCUT2D eigenvalue weighted by atomic mass is 32.2. The number of nitrogens with one attached hydrogen (secondary N) is 1. The first-order valence-electron chi connectivity index (χ1n) is 6.23. The van der Waals surface area contributed by atoms with Crippen LogP contribution in [-0.2, 0) is 10.0 Å². The zero-order valence-electron chi connectivity index (χ0n) is 11.3. The van der Waals surface area contributed by atoms with E-state index in [1.54, 1.807) is 4.31 Å². The molecule has 0 saturated carbocycles. The van der Waals surface area contributed by atoms with Gasteiger partial charge in [-0.15, -0.1) is 0 Å². The van der Waals surface area contributed by atoms with Crippen LogP contribution in [0.3, 0.4) is 0 Å². The Morgan fingerprint density at radius 3 is 2.24 bits per heavy atom. The lowest BCUT2D eigenvalue weighted by Gasteiger charge is -2.41. The molecule has 6 heteroatoms. The number of likely N-dealkylation sites (N-methyl/N-ethyl adjacent to an activating group) is 1. The Bertz CT molecular complexity index is 320. The molecule has 0 aromatic rings. The number of piperazine rings is 1. The summed E-state index contributed by atoms with van der Waals surface area (Å²) in [6.45, 7) is 6.13. The van der Waals surface area contributed by atoms with Crippen molar-refractivity contribution in [3.63, 3.8) is 0 Å². The Balaban J connectivity index is 2.60. The summed E-state index contributed by atoms with van der Waals surface area (Å²) in [5, 5.41) is 2.98. The summed E-state index contributed by atoms with van der Waals surface area (Å²) < 4.78 is 25.9. The summed E-state index contributed by atoms with van der Waals surface area (Å²) in [4.78, 5) is 2.24. The van der Waals surface area contributed by atoms with Gasteiger partial charge in [0.15, 0.2) is 0 Å². The lowest BCUT2D eigenvalue weighted by atomic mass is 10.1. The van der Waals surface area contributed by atoms with Gasteiger partial charge in [-0.3, -0.25) is 4.90 Å². The van der Waals surface area contributed by atoms with Gasteiger partial charge < -0.3 is 5.32 Å². The third-order valence-corrected chi connectivity index (χ3v) is 5.44. The Morgan fingerprint density at radius 2 is 1.76 bits per heavy atom. The molecule has 1 saturated heterocycles. The zero-order chi connectivity index (χ0) is 13.1. The van der Waals surface area contributed by atoms with E-state index in [0.29, 0.717) is 19.5 Å². The molecule has 1 fully saturated rings. The highest BCUT2D eigenvalue weighted by Gasteiger charge is 2.32. The van der Waals surface area contributed by atoms with Gasteiger partial charge >= 0.3 is 0 Å². The van der Waals surface area contributed by atoms with Gasteiger partial charge in [-0.1, -0.05) is 0 Å². The second kappa shape index (κ2) is 6.13. The molecule has 0 radical (unpaired) electrons. The summed E-state index contributed by atoms with van der Waals surface area (Å²) in [6.07, 6.45) is 0.675. The molecule has 0 bridgehead atoms. The van der Waals surface area contributed by atoms with E-state index in [-0.39, 0.29) is 17.8 Å². The van der Waals surface area contributed by atoms with Crippen LogP contribution < -0.4 is 5.32 Å². The van der Waals surface area contributed by atoms with E-state index >= 15 is 0 Å². The first kappa shape index (κ1) is 14.9. The highest BCUT2D eigenvalue weighted by Crippen LogP contribution is 2.17. The summed E-state index contributed by atoms with van der Waals surface area (Å²) >= 11 is 0. The van der Waals surface area contributed by atoms with E-state index in [4.69, 9.17) is 0 Å². The zero-order valence-corrected chi connectivity index (χ0v) is 12.1. The van der Waals surface area contributed by atoms with Gasteiger partial charge in [0.05, 0.1) is 5.75 Å². The standard InChI is InChI=1S/C11H25N3O2S/c1-10-8-14(9-11(2)13(10)4)17(15,16)7-5-6-12-3/h10-12H,5-9H2,1-4H3. The van der Waals surface area contributed by atoms with Crippen molar-refractivity contribution in [1.29, 1.82) is 0 Å². The first-order chi connectivity index (χ1) is 7.88. The lowest BCUT2D eigenvalue weighted by molar-refractivity contribution is 0.105. The van der Waals surface area contributed by atoms with Gasteiger partial charge in [-0.05, 0) is 40.9 Å². The molecular formula is C11H25N3O2S. The predicted molar refractivity (Wildman–Crippen MR) is 70.6 cm³/mol. The summed E-state index contributed by atoms with van der Waals surface area (Å²) in [7, 11) is 0.818. The van der Waals surface area contributed by atoms with Crippen molar-refractivity contribution in [2.75, 3.05) is 39.5 Å². The molecule has 2 unspecified atom stereocenters. The molecule has 1 rings (SSSR count). The predicted octanol–water partition coefficient (Wildman–Crippen LogP) is -0.0499. The largest absolute Gasteiger partial charge is 0.320 e. The van der Waals surface area contributed by atoms with Gasteiger partial charge in [0.25, 0.3) is 0 Å². The molecule has 1 heterocycles. The van der Waals surface area contributed by atoms with Crippen LogP contribution in [0.5, 0.6) is 0 Å². The lowest BCUT2D eigenvalue weighted by Crippen LogP contribution is -2.56. The molecule has 2 atom stereocenters. The maximum atomic E-state index is 12.1. The molecule has 5 nitrogen and oxygen atoms in total. The van der Waals surface area contributed by atoms with E-state index in [1.807, 2.05) is 7.05 Å². The minimum absolute atomic E-state index is 0.247. The summed E-state index contributed by atoms with van der Waals surface area (Å²) in [5.41, 5.74) is 0. The van der Waals surface area contributed by atoms with Gasteiger partial charge in [-0.25, -0.2) is 8.42 Å². The van der Waals surface area contributed by atoms with E-state index < -0.39 is 10.0 Å². The number of nitrogens with zero attached hydrogens (tertiary/aromatic N) is 2. The molecule has 1 N–H and O–H groups in total. The normalized spacial score (nSPS) is 28.5. The second-order valence-corrected chi connectivity index (χ2v) is 7.04. The average molecular weight is 263 g/mol.